The van der Waals surface area contributed by atoms with E-state index in [9.17, 15) is 0 Å². The number of benzene rings is 1. The van der Waals surface area contributed by atoms with Crippen molar-refractivity contribution in [3.63, 3.8) is 0 Å². The van der Waals surface area contributed by atoms with Gasteiger partial charge in [-0.25, -0.2) is 0 Å². The Hall–Kier alpha value is -1.63. The monoisotopic (exact) mass is 286 g/mol. The maximum atomic E-state index is 5.89. The minimum absolute atomic E-state index is 0.692. The minimum atomic E-state index is -1.50. The van der Waals surface area contributed by atoms with Crippen LogP contribution in [-0.2, 0) is 0 Å². The summed E-state index contributed by atoms with van der Waals surface area (Å²) in [6.45, 7) is 6.66. The lowest BCUT2D eigenvalue weighted by atomic mass is 10.1. The molecule has 19 heavy (non-hydrogen) atoms. The van der Waals surface area contributed by atoms with Crippen molar-refractivity contribution >= 4 is 25.0 Å². The summed E-state index contributed by atoms with van der Waals surface area (Å²) < 4.78 is 0. The smallest absolute Gasteiger partial charge is 0.109 e. The fourth-order valence-corrected chi connectivity index (χ4v) is 2.74. The Morgan fingerprint density at radius 1 is 1.11 bits per heavy atom. The molecule has 0 saturated heterocycles. The number of halogens is 1. The zero-order valence-corrected chi connectivity index (χ0v) is 13.0. The summed E-state index contributed by atoms with van der Waals surface area (Å²) >= 11 is 5.89. The molecule has 0 aliphatic rings. The molecule has 1 aromatic heterocycles. The van der Waals surface area contributed by atoms with Crippen LogP contribution in [-0.4, -0.2) is 18.3 Å². The number of aromatic nitrogens is 2. The fraction of sp³-hybridized carbons (Fsp3) is 0.200. The molecule has 1 heterocycles. The Balaban J connectivity index is 2.54. The van der Waals surface area contributed by atoms with E-state index in [-0.39, 0.29) is 0 Å². The molecule has 0 fully saturated rings. The number of hydrogen-bond donors (Lipinski definition) is 0. The lowest BCUT2D eigenvalue weighted by molar-refractivity contribution is 1.06. The summed E-state index contributed by atoms with van der Waals surface area (Å²) in [6, 6.07) is 9.45. The highest BCUT2D eigenvalue weighted by Crippen LogP contribution is 2.22. The van der Waals surface area contributed by atoms with E-state index in [1.54, 1.807) is 0 Å². The van der Waals surface area contributed by atoms with Crippen LogP contribution in [0.3, 0.4) is 0 Å². The first-order valence-corrected chi connectivity index (χ1v) is 9.90. The zero-order chi connectivity index (χ0) is 14.0. The van der Waals surface area contributed by atoms with E-state index >= 15 is 0 Å². The predicted octanol–water partition coefficient (Wildman–Crippen LogP) is 3.32. The van der Waals surface area contributed by atoms with Crippen LogP contribution in [0.25, 0.3) is 11.3 Å². The predicted molar refractivity (Wildman–Crippen MR) is 83.4 cm³/mol. The molecule has 0 aliphatic carbocycles. The van der Waals surface area contributed by atoms with Gasteiger partial charge in [0.05, 0.1) is 5.56 Å². The third-order valence-electron chi connectivity index (χ3n) is 2.84. The van der Waals surface area contributed by atoms with Crippen molar-refractivity contribution in [3.8, 4) is 23.6 Å². The molecule has 0 amide bonds. The average molecular weight is 287 g/mol. The molecule has 2 nitrogen and oxygen atoms in total. The molecule has 4 heteroatoms. The maximum absolute atomic E-state index is 5.89. The average Bonchev–Trinajstić information content (AvgIpc) is 2.38. The highest BCUT2D eigenvalue weighted by molar-refractivity contribution is 6.88. The fourth-order valence-electron chi connectivity index (χ4n) is 1.69. The first-order chi connectivity index (χ1) is 8.91. The lowest BCUT2D eigenvalue weighted by Gasteiger charge is -2.15. The summed E-state index contributed by atoms with van der Waals surface area (Å²) in [7, 11) is -1.50. The Kier molecular flexibility index (Phi) is 3.75. The van der Waals surface area contributed by atoms with Gasteiger partial charge in [0.15, 0.2) is 0 Å². The van der Waals surface area contributed by atoms with Crippen LogP contribution in [0.4, 0.5) is 0 Å². The molecule has 0 bridgehead atoms. The lowest BCUT2D eigenvalue weighted by Crippen LogP contribution is -2.40. The first-order valence-electron chi connectivity index (χ1n) is 6.02. The third-order valence-corrected chi connectivity index (χ3v) is 4.87. The van der Waals surface area contributed by atoms with Gasteiger partial charge in [0.25, 0.3) is 0 Å². The molecule has 0 atom stereocenters. The molecule has 0 unspecified atom stereocenters. The van der Waals surface area contributed by atoms with Crippen molar-refractivity contribution in [2.75, 3.05) is 0 Å². The zero-order valence-electron chi connectivity index (χ0n) is 11.2. The molecular weight excluding hydrogens is 272 g/mol. The normalized spacial score (nSPS) is 11.1. The van der Waals surface area contributed by atoms with Crippen LogP contribution in [0, 0.1) is 12.3 Å². The largest absolute Gasteiger partial charge is 0.160 e. The van der Waals surface area contributed by atoms with Crippen LogP contribution in [0.15, 0.2) is 30.3 Å². The van der Waals surface area contributed by atoms with Gasteiger partial charge in [-0.3, -0.25) is 0 Å². The summed E-state index contributed by atoms with van der Waals surface area (Å²) in [5.74, 6) is 2.71. The van der Waals surface area contributed by atoms with Gasteiger partial charge in [0.1, 0.15) is 13.8 Å². The van der Waals surface area contributed by atoms with E-state index in [1.165, 1.54) is 0 Å². The van der Waals surface area contributed by atoms with Crippen molar-refractivity contribution < 1.29 is 0 Å². The van der Waals surface area contributed by atoms with E-state index in [1.807, 2.05) is 30.3 Å². The van der Waals surface area contributed by atoms with Gasteiger partial charge in [0.2, 0.25) is 0 Å². The molecule has 2 rings (SSSR count). The molecule has 2 aromatic rings. The highest BCUT2D eigenvalue weighted by Gasteiger charge is 2.20. The standard InChI is InChI=1S/C15H15ClN2Si/c1-5-11-10-14(19(2,3)4)17-18-15(11)12-6-8-13(16)9-7-12/h1,6-10H,2-4H3. The van der Waals surface area contributed by atoms with Gasteiger partial charge in [-0.2, -0.15) is 5.10 Å². The maximum Gasteiger partial charge on any atom is 0.109 e. The highest BCUT2D eigenvalue weighted by atomic mass is 35.5. The van der Waals surface area contributed by atoms with Crippen molar-refractivity contribution in [1.29, 1.82) is 0 Å². The summed E-state index contributed by atoms with van der Waals surface area (Å²) in [6.07, 6.45) is 5.60. The number of rotatable bonds is 2. The SMILES string of the molecule is C#Cc1cc([Si](C)(C)C)nnc1-c1ccc(Cl)cc1. The van der Waals surface area contributed by atoms with Gasteiger partial charge in [-0.15, -0.1) is 11.5 Å². The molecule has 0 N–H and O–H groups in total. The van der Waals surface area contributed by atoms with Crippen LogP contribution in [0.2, 0.25) is 24.7 Å². The Labute approximate surface area is 119 Å². The molecule has 0 spiro atoms. The molecule has 1 aromatic carbocycles. The second-order valence-corrected chi connectivity index (χ2v) is 10.8. The Bertz CT molecular complexity index is 637. The van der Waals surface area contributed by atoms with Crippen molar-refractivity contribution in [2.24, 2.45) is 0 Å². The van der Waals surface area contributed by atoms with Crippen LogP contribution >= 0.6 is 11.6 Å². The Morgan fingerprint density at radius 2 is 1.74 bits per heavy atom. The van der Waals surface area contributed by atoms with Crippen molar-refractivity contribution in [2.45, 2.75) is 19.6 Å². The van der Waals surface area contributed by atoms with Crippen LogP contribution in [0.5, 0.6) is 0 Å². The summed E-state index contributed by atoms with van der Waals surface area (Å²) in [5, 5.41) is 10.4. The molecule has 0 saturated carbocycles. The molecule has 96 valence electrons. The number of terminal acetylenes is 1. The minimum Gasteiger partial charge on any atom is -0.160 e. The van der Waals surface area contributed by atoms with Gasteiger partial charge in [0, 0.05) is 15.9 Å². The van der Waals surface area contributed by atoms with Crippen molar-refractivity contribution in [1.82, 2.24) is 10.2 Å². The third kappa shape index (κ3) is 3.03. The van der Waals surface area contributed by atoms with E-state index in [4.69, 9.17) is 18.0 Å². The first kappa shape index (κ1) is 13.8. The quantitative estimate of drug-likeness (QED) is 0.625. The van der Waals surface area contributed by atoms with Gasteiger partial charge >= 0.3 is 0 Å². The second kappa shape index (κ2) is 5.16. The number of hydrogen-bond acceptors (Lipinski definition) is 2. The topological polar surface area (TPSA) is 25.8 Å². The van der Waals surface area contributed by atoms with Crippen LogP contribution < -0.4 is 5.32 Å². The second-order valence-electron chi connectivity index (χ2n) is 5.39. The van der Waals surface area contributed by atoms with E-state index < -0.39 is 8.07 Å². The molecule has 0 radical (unpaired) electrons. The molecular formula is C15H15ClN2Si. The van der Waals surface area contributed by atoms with Gasteiger partial charge in [-0.1, -0.05) is 49.3 Å². The van der Waals surface area contributed by atoms with Gasteiger partial charge in [-0.05, 0) is 18.2 Å². The Morgan fingerprint density at radius 3 is 2.26 bits per heavy atom. The van der Waals surface area contributed by atoms with Crippen LogP contribution in [0.1, 0.15) is 5.56 Å². The number of nitrogens with zero attached hydrogens (tertiary/aromatic N) is 2. The van der Waals surface area contributed by atoms with E-state index in [0.717, 1.165) is 22.1 Å². The molecule has 0 aliphatic heterocycles. The summed E-state index contributed by atoms with van der Waals surface area (Å²) in [5.41, 5.74) is 2.46. The van der Waals surface area contributed by atoms with Crippen molar-refractivity contribution in [3.05, 3.63) is 40.9 Å². The van der Waals surface area contributed by atoms with E-state index in [2.05, 4.69) is 35.8 Å². The van der Waals surface area contributed by atoms with Gasteiger partial charge < -0.3 is 0 Å². The summed E-state index contributed by atoms with van der Waals surface area (Å²) in [4.78, 5) is 0. The van der Waals surface area contributed by atoms with E-state index in [0.29, 0.717) is 5.02 Å².